The molecule has 1 aliphatic rings. The SMILES string of the molecule is C=CC1C(C(=O)OCc2c(F)c(F)[c-]c(F)c2F)C1(C)C.[Y]. The summed E-state index contributed by atoms with van der Waals surface area (Å²) in [6.45, 7) is 6.36. The zero-order valence-electron chi connectivity index (χ0n) is 12.1. The summed E-state index contributed by atoms with van der Waals surface area (Å²) in [6.07, 6.45) is 1.60. The summed E-state index contributed by atoms with van der Waals surface area (Å²) < 4.78 is 57.5. The van der Waals surface area contributed by atoms with Gasteiger partial charge in [-0.25, -0.2) is 8.78 Å². The van der Waals surface area contributed by atoms with E-state index in [1.165, 1.54) is 6.07 Å². The van der Waals surface area contributed by atoms with Gasteiger partial charge in [0.05, 0.1) is 24.2 Å². The van der Waals surface area contributed by atoms with E-state index in [0.29, 0.717) is 0 Å². The van der Waals surface area contributed by atoms with Gasteiger partial charge < -0.3 is 4.74 Å². The Morgan fingerprint density at radius 2 is 1.77 bits per heavy atom. The summed E-state index contributed by atoms with van der Waals surface area (Å²) in [5, 5.41) is 0. The number of rotatable bonds is 4. The molecule has 7 heteroatoms. The molecule has 0 aromatic heterocycles. The van der Waals surface area contributed by atoms with Gasteiger partial charge in [0.2, 0.25) is 0 Å². The van der Waals surface area contributed by atoms with E-state index >= 15 is 0 Å². The average Bonchev–Trinajstić information content (AvgIpc) is 2.98. The molecule has 1 radical (unpaired) electrons. The van der Waals surface area contributed by atoms with Crippen LogP contribution < -0.4 is 0 Å². The van der Waals surface area contributed by atoms with E-state index in [0.717, 1.165) is 0 Å². The summed E-state index contributed by atoms with van der Waals surface area (Å²) >= 11 is 0. The van der Waals surface area contributed by atoms with Crippen LogP contribution in [0.25, 0.3) is 0 Å². The van der Waals surface area contributed by atoms with Crippen molar-refractivity contribution in [2.24, 2.45) is 17.3 Å². The summed E-state index contributed by atoms with van der Waals surface area (Å²) in [6, 6.07) is 1.26. The predicted molar refractivity (Wildman–Crippen MR) is 65.9 cm³/mol. The molecule has 2 unspecified atom stereocenters. The Balaban J connectivity index is 0.00000242. The van der Waals surface area contributed by atoms with Gasteiger partial charge >= 0.3 is 5.97 Å². The van der Waals surface area contributed by atoms with Crippen molar-refractivity contribution in [3.8, 4) is 0 Å². The van der Waals surface area contributed by atoms with Crippen molar-refractivity contribution in [2.45, 2.75) is 20.5 Å². The third-order valence-electron chi connectivity index (χ3n) is 3.91. The third kappa shape index (κ3) is 3.28. The van der Waals surface area contributed by atoms with Gasteiger partial charge in [0.15, 0.2) is 0 Å². The van der Waals surface area contributed by atoms with Gasteiger partial charge in [-0.3, -0.25) is 13.6 Å². The van der Waals surface area contributed by atoms with E-state index in [4.69, 9.17) is 4.74 Å². The number of allylic oxidation sites excluding steroid dienone is 1. The maximum atomic E-state index is 13.4. The zero-order valence-corrected chi connectivity index (χ0v) is 14.9. The first-order chi connectivity index (χ1) is 9.71. The maximum Gasteiger partial charge on any atom is 0.310 e. The fraction of sp³-hybridized carbons (Fsp3) is 0.400. The Morgan fingerprint density at radius 1 is 1.27 bits per heavy atom. The number of hydrogen-bond acceptors (Lipinski definition) is 2. The number of carbonyl (C=O) groups is 1. The van der Waals surface area contributed by atoms with E-state index in [1.807, 2.05) is 13.8 Å². The molecule has 1 aromatic rings. The molecular weight excluding hydrogens is 377 g/mol. The Hall–Kier alpha value is -0.746. The first-order valence-electron chi connectivity index (χ1n) is 6.25. The van der Waals surface area contributed by atoms with Crippen molar-refractivity contribution < 1.29 is 59.8 Å². The number of carbonyl (C=O) groups excluding carboxylic acids is 1. The number of ether oxygens (including phenoxy) is 1. The molecule has 1 saturated carbocycles. The van der Waals surface area contributed by atoms with Crippen LogP contribution in [0.1, 0.15) is 19.4 Å². The molecule has 2 atom stereocenters. The molecule has 1 aromatic carbocycles. The second-order valence-electron chi connectivity index (χ2n) is 5.53. The van der Waals surface area contributed by atoms with Crippen molar-refractivity contribution in [1.29, 1.82) is 0 Å². The van der Waals surface area contributed by atoms with Gasteiger partial charge in [0, 0.05) is 44.3 Å². The van der Waals surface area contributed by atoms with Crippen LogP contribution >= 0.6 is 0 Å². The Morgan fingerprint density at radius 3 is 2.18 bits per heavy atom. The van der Waals surface area contributed by atoms with Gasteiger partial charge in [-0.15, -0.1) is 12.6 Å². The van der Waals surface area contributed by atoms with Crippen LogP contribution in [0, 0.1) is 46.6 Å². The molecule has 0 aliphatic heterocycles. The second kappa shape index (κ2) is 6.79. The van der Waals surface area contributed by atoms with Gasteiger partial charge in [0.1, 0.15) is 0 Å². The first kappa shape index (κ1) is 19.3. The van der Waals surface area contributed by atoms with Crippen molar-refractivity contribution in [3.05, 3.63) is 47.6 Å². The van der Waals surface area contributed by atoms with Gasteiger partial charge in [-0.1, -0.05) is 19.9 Å². The minimum absolute atomic E-state index is 0. The van der Waals surface area contributed by atoms with Crippen molar-refractivity contribution in [2.75, 3.05) is 0 Å². The van der Waals surface area contributed by atoms with Crippen LogP contribution in [0.15, 0.2) is 12.7 Å². The molecule has 1 fully saturated rings. The summed E-state index contributed by atoms with van der Waals surface area (Å²) in [5.74, 6) is -7.80. The Bertz CT molecular complexity index is 590. The zero-order chi connectivity index (χ0) is 15.9. The van der Waals surface area contributed by atoms with Crippen LogP contribution in [-0.4, -0.2) is 5.97 Å². The summed E-state index contributed by atoms with van der Waals surface area (Å²) in [5.41, 5.74) is -1.32. The monoisotopic (exact) mass is 390 g/mol. The van der Waals surface area contributed by atoms with E-state index < -0.39 is 47.3 Å². The molecule has 22 heavy (non-hydrogen) atoms. The Labute approximate surface area is 150 Å². The molecular formula is C15H13F4O2Y-. The minimum atomic E-state index is -1.66. The largest absolute Gasteiger partial charge is 0.463 e. The minimum Gasteiger partial charge on any atom is -0.463 e. The topological polar surface area (TPSA) is 26.3 Å². The number of hydrogen-bond donors (Lipinski definition) is 0. The quantitative estimate of drug-likeness (QED) is 0.259. The molecule has 117 valence electrons. The fourth-order valence-electron chi connectivity index (χ4n) is 2.49. The normalized spacial score (nSPS) is 21.7. The number of esters is 1. The van der Waals surface area contributed by atoms with E-state index in [-0.39, 0.29) is 44.0 Å². The summed E-state index contributed by atoms with van der Waals surface area (Å²) in [4.78, 5) is 11.8. The molecule has 0 spiro atoms. The average molecular weight is 390 g/mol. The third-order valence-corrected chi connectivity index (χ3v) is 3.91. The molecule has 0 heterocycles. The van der Waals surface area contributed by atoms with Crippen molar-refractivity contribution >= 4 is 5.97 Å². The van der Waals surface area contributed by atoms with Crippen molar-refractivity contribution in [3.63, 3.8) is 0 Å². The van der Waals surface area contributed by atoms with Crippen LogP contribution in [0.3, 0.4) is 0 Å². The fourth-order valence-corrected chi connectivity index (χ4v) is 2.49. The number of halogens is 4. The van der Waals surface area contributed by atoms with Gasteiger partial charge in [-0.2, -0.15) is 0 Å². The maximum absolute atomic E-state index is 13.4. The van der Waals surface area contributed by atoms with Gasteiger partial charge in [0.25, 0.3) is 0 Å². The van der Waals surface area contributed by atoms with Crippen LogP contribution in [0.5, 0.6) is 0 Å². The van der Waals surface area contributed by atoms with Crippen LogP contribution in [0.4, 0.5) is 17.6 Å². The second-order valence-corrected chi connectivity index (χ2v) is 5.53. The molecule has 0 amide bonds. The molecule has 2 rings (SSSR count). The van der Waals surface area contributed by atoms with Gasteiger partial charge in [-0.05, 0) is 16.9 Å². The molecule has 1 aliphatic carbocycles. The van der Waals surface area contributed by atoms with Crippen molar-refractivity contribution in [1.82, 2.24) is 0 Å². The smallest absolute Gasteiger partial charge is 0.310 e. The summed E-state index contributed by atoms with van der Waals surface area (Å²) in [7, 11) is 0. The van der Waals surface area contributed by atoms with E-state index in [2.05, 4.69) is 6.58 Å². The Kier molecular flexibility index (Phi) is 5.96. The van der Waals surface area contributed by atoms with Crippen LogP contribution in [-0.2, 0) is 48.8 Å². The van der Waals surface area contributed by atoms with Crippen LogP contribution in [0.2, 0.25) is 0 Å². The number of benzene rings is 1. The first-order valence-corrected chi connectivity index (χ1v) is 6.25. The predicted octanol–water partition coefficient (Wildman–Crippen LogP) is 3.54. The molecule has 0 bridgehead atoms. The molecule has 0 N–H and O–H groups in total. The molecule has 2 nitrogen and oxygen atoms in total. The van der Waals surface area contributed by atoms with E-state index in [1.54, 1.807) is 6.08 Å². The standard InChI is InChI=1S/C15H13F4O2.Y/c1-4-8-11(15(8,2)3)14(20)21-6-7-12(18)9(16)5-10(17)13(7)19;/h4,8,11H,1,6H2,2-3H3;/q-1;. The van der Waals surface area contributed by atoms with E-state index in [9.17, 15) is 22.4 Å². The molecule has 0 saturated heterocycles.